The number of amides is 1. The molecule has 162 valence electrons. The van der Waals surface area contributed by atoms with Gasteiger partial charge in [-0.1, -0.05) is 12.1 Å². The molecule has 4 aromatic rings. The summed E-state index contributed by atoms with van der Waals surface area (Å²) in [4.78, 5) is 28.1. The van der Waals surface area contributed by atoms with Gasteiger partial charge in [-0.15, -0.1) is 0 Å². The van der Waals surface area contributed by atoms with Gasteiger partial charge >= 0.3 is 0 Å². The molecule has 0 atom stereocenters. The van der Waals surface area contributed by atoms with Crippen LogP contribution >= 0.6 is 0 Å². The summed E-state index contributed by atoms with van der Waals surface area (Å²) in [5.41, 5.74) is 3.21. The molecule has 0 spiro atoms. The van der Waals surface area contributed by atoms with E-state index in [0.717, 1.165) is 48.2 Å². The molecule has 0 aliphatic carbocycles. The minimum absolute atomic E-state index is 0.0675. The van der Waals surface area contributed by atoms with E-state index in [1.807, 2.05) is 36.4 Å². The molecule has 4 heterocycles. The van der Waals surface area contributed by atoms with Crippen molar-refractivity contribution in [1.82, 2.24) is 20.3 Å². The second-order valence-electron chi connectivity index (χ2n) is 7.70. The largest absolute Gasteiger partial charge is 0.481 e. The highest BCUT2D eigenvalue weighted by atomic mass is 16.5. The summed E-state index contributed by atoms with van der Waals surface area (Å²) >= 11 is 0. The Bertz CT molecular complexity index is 1230. The minimum Gasteiger partial charge on any atom is -0.481 e. The number of carbonyl (C=O) groups is 1. The normalized spacial score (nSPS) is 14.5. The Labute approximate surface area is 185 Å². The van der Waals surface area contributed by atoms with E-state index in [-0.39, 0.29) is 11.9 Å². The molecule has 3 aromatic heterocycles. The van der Waals surface area contributed by atoms with Crippen molar-refractivity contribution in [2.45, 2.75) is 18.9 Å². The number of nitrogens with zero attached hydrogens (tertiary/aromatic N) is 4. The molecule has 0 saturated carbocycles. The summed E-state index contributed by atoms with van der Waals surface area (Å²) in [6, 6.07) is 13.1. The van der Waals surface area contributed by atoms with Crippen molar-refractivity contribution in [3.63, 3.8) is 0 Å². The summed E-state index contributed by atoms with van der Waals surface area (Å²) in [6.07, 6.45) is 6.74. The average molecular weight is 429 g/mol. The Balaban J connectivity index is 1.21. The van der Waals surface area contributed by atoms with E-state index in [1.54, 1.807) is 31.8 Å². The van der Waals surface area contributed by atoms with Gasteiger partial charge in [0.25, 0.3) is 5.91 Å². The summed E-state index contributed by atoms with van der Waals surface area (Å²) in [5.74, 6) is 1.14. The van der Waals surface area contributed by atoms with Crippen LogP contribution in [0.1, 0.15) is 23.2 Å². The van der Waals surface area contributed by atoms with Gasteiger partial charge in [0, 0.05) is 54.1 Å². The molecule has 1 fully saturated rings. The zero-order valence-corrected chi connectivity index (χ0v) is 17.7. The number of hydrogen-bond acceptors (Lipinski definition) is 7. The van der Waals surface area contributed by atoms with Gasteiger partial charge in [0.1, 0.15) is 5.58 Å². The van der Waals surface area contributed by atoms with E-state index >= 15 is 0 Å². The van der Waals surface area contributed by atoms with E-state index in [9.17, 15) is 4.79 Å². The summed E-state index contributed by atoms with van der Waals surface area (Å²) < 4.78 is 10.6. The third-order valence-corrected chi connectivity index (χ3v) is 5.74. The van der Waals surface area contributed by atoms with Gasteiger partial charge in [-0.2, -0.15) is 4.98 Å². The van der Waals surface area contributed by atoms with Crippen LogP contribution in [0.5, 0.6) is 5.88 Å². The third-order valence-electron chi connectivity index (χ3n) is 5.74. The van der Waals surface area contributed by atoms with Crippen LogP contribution in [0.4, 0.5) is 5.95 Å². The lowest BCUT2D eigenvalue weighted by Gasteiger charge is -2.32. The van der Waals surface area contributed by atoms with Crippen LogP contribution in [-0.2, 0) is 0 Å². The lowest BCUT2D eigenvalue weighted by atomic mass is 10.0. The molecule has 1 N–H and O–H groups in total. The van der Waals surface area contributed by atoms with Gasteiger partial charge in [-0.05, 0) is 37.1 Å². The van der Waals surface area contributed by atoms with Gasteiger partial charge in [0.05, 0.1) is 19.1 Å². The number of anilines is 1. The van der Waals surface area contributed by atoms with Crippen LogP contribution < -0.4 is 15.0 Å². The maximum Gasteiger partial charge on any atom is 0.251 e. The first-order valence-corrected chi connectivity index (χ1v) is 10.6. The third kappa shape index (κ3) is 3.99. The first-order chi connectivity index (χ1) is 15.7. The summed E-state index contributed by atoms with van der Waals surface area (Å²) in [5, 5.41) is 4.11. The van der Waals surface area contributed by atoms with Crippen LogP contribution in [0.25, 0.3) is 22.2 Å². The number of nitrogens with one attached hydrogen (secondary N) is 1. The molecular weight excluding hydrogens is 406 g/mol. The number of carbonyl (C=O) groups excluding carboxylic acids is 1. The molecule has 32 heavy (non-hydrogen) atoms. The number of ether oxygens (including phenoxy) is 1. The highest BCUT2D eigenvalue weighted by molar-refractivity contribution is 5.96. The Hall–Kier alpha value is -3.94. The molecule has 5 rings (SSSR count). The second-order valence-corrected chi connectivity index (χ2v) is 7.70. The molecule has 1 amide bonds. The van der Waals surface area contributed by atoms with Crippen molar-refractivity contribution >= 4 is 22.8 Å². The molecular formula is C24H23N5O3. The first kappa shape index (κ1) is 20.0. The van der Waals surface area contributed by atoms with Crippen molar-refractivity contribution in [1.29, 1.82) is 0 Å². The van der Waals surface area contributed by atoms with E-state index < -0.39 is 0 Å². The van der Waals surface area contributed by atoms with Gasteiger partial charge in [-0.3, -0.25) is 9.78 Å². The van der Waals surface area contributed by atoms with Crippen LogP contribution in [0, 0.1) is 0 Å². The predicted octanol–water partition coefficient (Wildman–Crippen LogP) is 3.69. The molecule has 8 nitrogen and oxygen atoms in total. The number of furan rings is 1. The summed E-state index contributed by atoms with van der Waals surface area (Å²) in [7, 11) is 1.59. The Morgan fingerprint density at radius 2 is 1.84 bits per heavy atom. The van der Waals surface area contributed by atoms with E-state index in [0.29, 0.717) is 17.4 Å². The van der Waals surface area contributed by atoms with E-state index in [4.69, 9.17) is 9.15 Å². The molecule has 1 aliphatic heterocycles. The van der Waals surface area contributed by atoms with Crippen molar-refractivity contribution in [2.75, 3.05) is 25.1 Å². The fraction of sp³-hybridized carbons (Fsp3) is 0.250. The van der Waals surface area contributed by atoms with E-state index in [1.165, 1.54) is 0 Å². The second kappa shape index (κ2) is 8.66. The van der Waals surface area contributed by atoms with Crippen LogP contribution in [-0.4, -0.2) is 47.1 Å². The lowest BCUT2D eigenvalue weighted by molar-refractivity contribution is 0.0931. The molecule has 0 unspecified atom stereocenters. The van der Waals surface area contributed by atoms with Crippen molar-refractivity contribution in [2.24, 2.45) is 0 Å². The van der Waals surface area contributed by atoms with Crippen LogP contribution in [0.2, 0.25) is 0 Å². The zero-order valence-electron chi connectivity index (χ0n) is 17.7. The molecule has 1 aromatic carbocycles. The van der Waals surface area contributed by atoms with Crippen molar-refractivity contribution in [3.05, 3.63) is 66.7 Å². The molecule has 1 aliphatic rings. The number of piperidine rings is 1. The fourth-order valence-electron chi connectivity index (χ4n) is 4.00. The molecule has 0 radical (unpaired) electrons. The molecule has 1 saturated heterocycles. The van der Waals surface area contributed by atoms with Gasteiger partial charge < -0.3 is 19.4 Å². The Kier molecular flexibility index (Phi) is 5.41. The highest BCUT2D eigenvalue weighted by Crippen LogP contribution is 2.27. The standard InChI is InChI=1S/C24H23N5O3/c1-31-21-7-12-26-24(28-21)29-13-8-18(9-14-29)27-23(30)17-4-2-16(3-5-17)22-19-10-15-32-20(19)6-11-25-22/h2-7,10-12,15,18H,8-9,13-14H2,1H3,(H,27,30). The monoisotopic (exact) mass is 429 g/mol. The molecule has 8 heteroatoms. The number of benzene rings is 1. The number of aromatic nitrogens is 3. The Morgan fingerprint density at radius 3 is 2.62 bits per heavy atom. The number of methoxy groups -OCH3 is 1. The highest BCUT2D eigenvalue weighted by Gasteiger charge is 2.23. The van der Waals surface area contributed by atoms with Crippen LogP contribution in [0.15, 0.2) is 65.5 Å². The maximum atomic E-state index is 12.8. The smallest absolute Gasteiger partial charge is 0.251 e. The van der Waals surface area contributed by atoms with Gasteiger partial charge in [0.2, 0.25) is 11.8 Å². The minimum atomic E-state index is -0.0675. The number of fused-ring (bicyclic) bond motifs is 1. The molecule has 0 bridgehead atoms. The van der Waals surface area contributed by atoms with Gasteiger partial charge in [-0.25, -0.2) is 4.98 Å². The quantitative estimate of drug-likeness (QED) is 0.517. The SMILES string of the molecule is COc1ccnc(N2CCC(NC(=O)c3ccc(-c4nccc5occc45)cc3)CC2)n1. The maximum absolute atomic E-state index is 12.8. The first-order valence-electron chi connectivity index (χ1n) is 10.6. The summed E-state index contributed by atoms with van der Waals surface area (Å²) in [6.45, 7) is 1.55. The number of pyridine rings is 1. The number of rotatable bonds is 5. The van der Waals surface area contributed by atoms with Crippen molar-refractivity contribution in [3.8, 4) is 17.1 Å². The predicted molar refractivity (Wildman–Crippen MR) is 121 cm³/mol. The zero-order chi connectivity index (χ0) is 21.9. The van der Waals surface area contributed by atoms with Gasteiger partial charge in [0.15, 0.2) is 0 Å². The van der Waals surface area contributed by atoms with E-state index in [2.05, 4.69) is 25.2 Å². The number of hydrogen-bond donors (Lipinski definition) is 1. The average Bonchev–Trinajstić information content (AvgIpc) is 3.34. The van der Waals surface area contributed by atoms with Crippen LogP contribution in [0.3, 0.4) is 0 Å². The fourth-order valence-corrected chi connectivity index (χ4v) is 4.00. The topological polar surface area (TPSA) is 93.4 Å². The lowest BCUT2D eigenvalue weighted by Crippen LogP contribution is -2.45. The van der Waals surface area contributed by atoms with Crippen molar-refractivity contribution < 1.29 is 13.9 Å². The Morgan fingerprint density at radius 1 is 1.06 bits per heavy atom.